The molecule has 0 bridgehead atoms. The third-order valence-electron chi connectivity index (χ3n) is 3.26. The molecule has 106 valence electrons. The molecule has 1 unspecified atom stereocenters. The highest BCUT2D eigenvalue weighted by molar-refractivity contribution is 9.09. The average molecular weight is 337 g/mol. The van der Waals surface area contributed by atoms with Crippen molar-refractivity contribution in [2.45, 2.75) is 36.7 Å². The quantitative estimate of drug-likeness (QED) is 0.731. The van der Waals surface area contributed by atoms with Gasteiger partial charge in [0.1, 0.15) is 6.61 Å². The Bertz CT molecular complexity index is 431. The van der Waals surface area contributed by atoms with Gasteiger partial charge in [-0.05, 0) is 42.4 Å². The topological polar surface area (TPSA) is 9.23 Å². The zero-order valence-corrected chi connectivity index (χ0v) is 12.1. The van der Waals surface area contributed by atoms with E-state index in [1.54, 1.807) is 0 Å². The summed E-state index contributed by atoms with van der Waals surface area (Å²) >= 11 is 3.39. The van der Waals surface area contributed by atoms with Crippen molar-refractivity contribution in [1.29, 1.82) is 0 Å². The number of hydrogen-bond acceptors (Lipinski definition) is 1. The first-order chi connectivity index (χ1) is 8.96. The lowest BCUT2D eigenvalue weighted by Gasteiger charge is -2.18. The molecular formula is C14H16BrF3O. The van der Waals surface area contributed by atoms with Crippen LogP contribution >= 0.6 is 15.9 Å². The van der Waals surface area contributed by atoms with Crippen LogP contribution in [0.15, 0.2) is 18.2 Å². The van der Waals surface area contributed by atoms with Gasteiger partial charge in [-0.15, -0.1) is 0 Å². The maximum absolute atomic E-state index is 12.0. The second-order valence-electron chi connectivity index (χ2n) is 4.83. The number of benzene rings is 1. The van der Waals surface area contributed by atoms with E-state index < -0.39 is 12.8 Å². The summed E-state index contributed by atoms with van der Waals surface area (Å²) in [5.41, 5.74) is 3.68. The highest BCUT2D eigenvalue weighted by Crippen LogP contribution is 2.29. The molecule has 0 saturated carbocycles. The van der Waals surface area contributed by atoms with Gasteiger partial charge in [-0.2, -0.15) is 13.2 Å². The Labute approximate surface area is 119 Å². The van der Waals surface area contributed by atoms with Crippen LogP contribution in [0.25, 0.3) is 0 Å². The van der Waals surface area contributed by atoms with Gasteiger partial charge in [0.25, 0.3) is 0 Å². The first kappa shape index (κ1) is 14.9. The summed E-state index contributed by atoms with van der Waals surface area (Å²) in [7, 11) is 0. The lowest BCUT2D eigenvalue weighted by atomic mass is 9.90. The van der Waals surface area contributed by atoms with E-state index in [1.165, 1.54) is 24.0 Å². The number of alkyl halides is 4. The summed E-state index contributed by atoms with van der Waals surface area (Å²) < 4.78 is 40.7. The van der Waals surface area contributed by atoms with Crippen LogP contribution in [0.1, 0.15) is 34.4 Å². The lowest BCUT2D eigenvalue weighted by Crippen LogP contribution is -2.18. The van der Waals surface area contributed by atoms with Crippen LogP contribution in [0, 0.1) is 0 Å². The SMILES string of the molecule is FC(F)(F)COCC(Br)c1ccc2c(c1)CCCC2. The van der Waals surface area contributed by atoms with Crippen LogP contribution in [-0.2, 0) is 17.6 Å². The molecule has 0 fully saturated rings. The van der Waals surface area contributed by atoms with E-state index in [0.717, 1.165) is 18.4 Å². The van der Waals surface area contributed by atoms with Gasteiger partial charge in [0.2, 0.25) is 0 Å². The smallest absolute Gasteiger partial charge is 0.371 e. The van der Waals surface area contributed by atoms with Crippen molar-refractivity contribution < 1.29 is 17.9 Å². The maximum atomic E-state index is 12.0. The Morgan fingerprint density at radius 1 is 1.16 bits per heavy atom. The Kier molecular flexibility index (Phi) is 4.90. The summed E-state index contributed by atoms with van der Waals surface area (Å²) in [6.45, 7) is -1.17. The van der Waals surface area contributed by atoms with Gasteiger partial charge in [-0.1, -0.05) is 34.1 Å². The molecule has 0 aromatic heterocycles. The molecule has 1 aliphatic carbocycles. The predicted molar refractivity (Wildman–Crippen MR) is 71.6 cm³/mol. The maximum Gasteiger partial charge on any atom is 0.411 e. The molecule has 0 saturated heterocycles. The minimum Gasteiger partial charge on any atom is -0.371 e. The summed E-state index contributed by atoms with van der Waals surface area (Å²) in [6.07, 6.45) is 0.314. The zero-order valence-electron chi connectivity index (χ0n) is 10.5. The second kappa shape index (κ2) is 6.27. The Morgan fingerprint density at radius 3 is 2.53 bits per heavy atom. The van der Waals surface area contributed by atoms with E-state index in [4.69, 9.17) is 0 Å². The van der Waals surface area contributed by atoms with Crippen LogP contribution in [-0.4, -0.2) is 19.4 Å². The number of aryl methyl sites for hydroxylation is 2. The minimum absolute atomic E-state index is 0.0261. The molecule has 0 heterocycles. The summed E-state index contributed by atoms with van der Waals surface area (Å²) in [4.78, 5) is -0.193. The fourth-order valence-corrected chi connectivity index (χ4v) is 2.79. The van der Waals surface area contributed by atoms with Crippen LogP contribution in [0.3, 0.4) is 0 Å². The van der Waals surface area contributed by atoms with Gasteiger partial charge in [0, 0.05) is 0 Å². The molecule has 1 aromatic carbocycles. The number of rotatable bonds is 4. The summed E-state index contributed by atoms with van der Waals surface area (Å²) in [6, 6.07) is 6.15. The van der Waals surface area contributed by atoms with Crippen LogP contribution in [0.5, 0.6) is 0 Å². The third kappa shape index (κ3) is 4.49. The van der Waals surface area contributed by atoms with Crippen LogP contribution < -0.4 is 0 Å². The molecule has 1 atom stereocenters. The summed E-state index contributed by atoms with van der Waals surface area (Å²) in [5.74, 6) is 0. The molecular weight excluding hydrogens is 321 g/mol. The molecule has 1 nitrogen and oxygen atoms in total. The van der Waals surface area contributed by atoms with E-state index in [9.17, 15) is 13.2 Å². The van der Waals surface area contributed by atoms with Crippen molar-refractivity contribution in [1.82, 2.24) is 0 Å². The van der Waals surface area contributed by atoms with Crippen molar-refractivity contribution in [3.63, 3.8) is 0 Å². The fraction of sp³-hybridized carbons (Fsp3) is 0.571. The molecule has 0 N–H and O–H groups in total. The third-order valence-corrected chi connectivity index (χ3v) is 4.06. The van der Waals surface area contributed by atoms with Crippen molar-refractivity contribution in [3.05, 3.63) is 34.9 Å². The minimum atomic E-state index is -4.26. The molecule has 0 aliphatic heterocycles. The monoisotopic (exact) mass is 336 g/mol. The van der Waals surface area contributed by atoms with Crippen molar-refractivity contribution in [2.24, 2.45) is 0 Å². The highest BCUT2D eigenvalue weighted by atomic mass is 79.9. The number of hydrogen-bond donors (Lipinski definition) is 0. The molecule has 19 heavy (non-hydrogen) atoms. The lowest BCUT2D eigenvalue weighted by molar-refractivity contribution is -0.173. The molecule has 1 aromatic rings. The zero-order chi connectivity index (χ0) is 13.9. The first-order valence-corrected chi connectivity index (χ1v) is 7.27. The number of halogens is 4. The van der Waals surface area contributed by atoms with E-state index in [2.05, 4.69) is 32.8 Å². The van der Waals surface area contributed by atoms with E-state index in [0.29, 0.717) is 0 Å². The molecule has 0 spiro atoms. The number of ether oxygens (including phenoxy) is 1. The normalized spacial score (nSPS) is 17.1. The van der Waals surface area contributed by atoms with Gasteiger partial charge < -0.3 is 4.74 Å². The molecule has 0 amide bonds. The van der Waals surface area contributed by atoms with Crippen molar-refractivity contribution >= 4 is 15.9 Å². The number of fused-ring (bicyclic) bond motifs is 1. The highest BCUT2D eigenvalue weighted by Gasteiger charge is 2.27. The van der Waals surface area contributed by atoms with Gasteiger partial charge in [-0.3, -0.25) is 0 Å². The largest absolute Gasteiger partial charge is 0.411 e. The van der Waals surface area contributed by atoms with Crippen molar-refractivity contribution in [3.8, 4) is 0 Å². The molecule has 1 aliphatic rings. The van der Waals surface area contributed by atoms with Crippen LogP contribution in [0.2, 0.25) is 0 Å². The Balaban J connectivity index is 1.94. The van der Waals surface area contributed by atoms with Gasteiger partial charge >= 0.3 is 6.18 Å². The van der Waals surface area contributed by atoms with Gasteiger partial charge in [0.05, 0.1) is 11.4 Å². The molecule has 2 rings (SSSR count). The molecule has 0 radical (unpaired) electrons. The van der Waals surface area contributed by atoms with Crippen molar-refractivity contribution in [2.75, 3.05) is 13.2 Å². The molecule has 5 heteroatoms. The van der Waals surface area contributed by atoms with Crippen LogP contribution in [0.4, 0.5) is 13.2 Å². The van der Waals surface area contributed by atoms with Gasteiger partial charge in [-0.25, -0.2) is 0 Å². The second-order valence-corrected chi connectivity index (χ2v) is 5.94. The first-order valence-electron chi connectivity index (χ1n) is 6.36. The predicted octanol–water partition coefficient (Wildman–Crippen LogP) is 4.58. The standard InChI is InChI=1S/C14H16BrF3O/c15-13(8-19-9-14(16,17)18)12-6-5-10-3-1-2-4-11(10)7-12/h5-7,13H,1-4,8-9H2. The summed E-state index contributed by atoms with van der Waals surface area (Å²) in [5, 5.41) is 0. The fourth-order valence-electron chi connectivity index (χ4n) is 2.32. The Morgan fingerprint density at radius 2 is 1.84 bits per heavy atom. The average Bonchev–Trinajstić information content (AvgIpc) is 2.36. The Hall–Kier alpha value is -0.550. The van der Waals surface area contributed by atoms with E-state index in [1.807, 2.05) is 6.07 Å². The van der Waals surface area contributed by atoms with E-state index >= 15 is 0 Å². The van der Waals surface area contributed by atoms with E-state index in [-0.39, 0.29) is 11.4 Å². The van der Waals surface area contributed by atoms with Gasteiger partial charge in [0.15, 0.2) is 0 Å².